The third-order valence-corrected chi connectivity index (χ3v) is 8.66. The van der Waals surface area contributed by atoms with Gasteiger partial charge in [0.15, 0.2) is 12.0 Å². The van der Waals surface area contributed by atoms with E-state index in [1.807, 2.05) is 19.1 Å². The zero-order valence-electron chi connectivity index (χ0n) is 23.3. The summed E-state index contributed by atoms with van der Waals surface area (Å²) in [6.07, 6.45) is 1.23. The molecule has 1 saturated heterocycles. The molecule has 5 heterocycles. The Bertz CT molecular complexity index is 1460. The number of aliphatic hydroxyl groups is 1. The fourth-order valence-electron chi connectivity index (χ4n) is 6.38. The van der Waals surface area contributed by atoms with Crippen LogP contribution in [-0.4, -0.2) is 88.3 Å². The van der Waals surface area contributed by atoms with Crippen molar-refractivity contribution in [3.63, 3.8) is 0 Å². The van der Waals surface area contributed by atoms with Gasteiger partial charge in [0, 0.05) is 30.5 Å². The maximum Gasteiger partial charge on any atom is 0.343 e. The normalized spacial score (nSPS) is 29.1. The lowest BCUT2D eigenvalue weighted by Crippen LogP contribution is -2.88. The van der Waals surface area contributed by atoms with Crippen molar-refractivity contribution >= 4 is 23.7 Å². The number of hydrogen-bond donors (Lipinski definition) is 7. The minimum Gasteiger partial charge on any atom is -0.492 e. The van der Waals surface area contributed by atoms with Crippen LogP contribution >= 0.6 is 0 Å². The molecule has 2 aromatic rings. The number of rotatable bonds is 5. The monoisotopic (exact) mass is 562 g/mol. The topological polar surface area (TPSA) is 194 Å². The molecule has 0 bridgehead atoms. The first-order valence-corrected chi connectivity index (χ1v) is 13.8. The van der Waals surface area contributed by atoms with Crippen molar-refractivity contribution in [2.75, 3.05) is 19.7 Å². The van der Waals surface area contributed by atoms with Crippen molar-refractivity contribution in [3.05, 3.63) is 58.9 Å². The SMILES string of the molecule is Cc1ccc(C(=O)NC[C@@H]2N=C(N)N3CC(NC(=O)c4cccc5c4OCCC5(C)C)[C@@H](O)C34NC(N)=[NH+][C@@H]24)cn1. The van der Waals surface area contributed by atoms with E-state index in [1.165, 1.54) is 6.20 Å². The van der Waals surface area contributed by atoms with Crippen LogP contribution in [0.3, 0.4) is 0 Å². The summed E-state index contributed by atoms with van der Waals surface area (Å²) in [6, 6.07) is 7.19. The molecule has 13 heteroatoms. The van der Waals surface area contributed by atoms with E-state index in [-0.39, 0.29) is 42.2 Å². The minimum atomic E-state index is -1.19. The van der Waals surface area contributed by atoms with Gasteiger partial charge in [0.25, 0.3) is 11.8 Å². The van der Waals surface area contributed by atoms with Gasteiger partial charge in [0.2, 0.25) is 5.66 Å². The quantitative estimate of drug-likeness (QED) is 0.205. The molecule has 1 fully saturated rings. The number of para-hydroxylation sites is 1. The number of ether oxygens (including phenoxy) is 1. The van der Waals surface area contributed by atoms with Crippen molar-refractivity contribution in [2.24, 2.45) is 16.5 Å². The molecular formula is C28H36N9O4+. The Kier molecular flexibility index (Phi) is 6.29. The third-order valence-electron chi connectivity index (χ3n) is 8.66. The number of guanidine groups is 2. The van der Waals surface area contributed by atoms with Crippen LogP contribution in [0.25, 0.3) is 0 Å². The first-order valence-electron chi connectivity index (χ1n) is 13.8. The van der Waals surface area contributed by atoms with Gasteiger partial charge >= 0.3 is 5.96 Å². The van der Waals surface area contributed by atoms with Crippen molar-refractivity contribution in [2.45, 2.75) is 62.5 Å². The van der Waals surface area contributed by atoms with Gasteiger partial charge in [0.05, 0.1) is 23.8 Å². The molecule has 2 unspecified atom stereocenters. The first kappa shape index (κ1) is 26.8. The molecule has 0 saturated carbocycles. The van der Waals surface area contributed by atoms with Crippen LogP contribution < -0.4 is 37.1 Å². The smallest absolute Gasteiger partial charge is 0.343 e. The maximum absolute atomic E-state index is 13.6. The Balaban J connectivity index is 1.22. The summed E-state index contributed by atoms with van der Waals surface area (Å²) in [4.78, 5) is 40.0. The first-order chi connectivity index (χ1) is 19.5. The Hall–Kier alpha value is -4.39. The van der Waals surface area contributed by atoms with Crippen LogP contribution in [0.1, 0.15) is 52.2 Å². The predicted molar refractivity (Wildman–Crippen MR) is 150 cm³/mol. The molecule has 13 nitrogen and oxygen atoms in total. The second-order valence-corrected chi connectivity index (χ2v) is 11.7. The fourth-order valence-corrected chi connectivity index (χ4v) is 6.38. The Morgan fingerprint density at radius 1 is 1.24 bits per heavy atom. The summed E-state index contributed by atoms with van der Waals surface area (Å²) in [5.41, 5.74) is 13.9. The van der Waals surface area contributed by atoms with Crippen molar-refractivity contribution in [1.29, 1.82) is 0 Å². The number of aliphatic hydroxyl groups excluding tert-OH is 1. The van der Waals surface area contributed by atoms with E-state index >= 15 is 0 Å². The number of aromatic nitrogens is 1. The number of carbonyl (C=O) groups excluding carboxylic acids is 2. The number of benzene rings is 1. The summed E-state index contributed by atoms with van der Waals surface area (Å²) in [5, 5.41) is 20.8. The highest BCUT2D eigenvalue weighted by molar-refractivity contribution is 5.98. The predicted octanol–water partition coefficient (Wildman–Crippen LogP) is -2.58. The number of hydrogen-bond acceptors (Lipinski definition) is 10. The van der Waals surface area contributed by atoms with Gasteiger partial charge in [-0.15, -0.1) is 0 Å². The summed E-state index contributed by atoms with van der Waals surface area (Å²) in [6.45, 7) is 6.94. The molecule has 1 aromatic heterocycles. The van der Waals surface area contributed by atoms with Gasteiger partial charge in [-0.25, -0.2) is 10.3 Å². The second-order valence-electron chi connectivity index (χ2n) is 11.7. The standard InChI is InChI=1S/C28H35N9O4/c1-14-7-8-15(11-31-14)23(39)32-12-18-21-28(36-25(29)35-21)22(38)19(13-37(28)26(30)34-18)33-24(40)16-5-4-6-17-20(16)41-10-9-27(17,2)3/h4-8,11,18-19,21-22,38H,9-10,12-13H2,1-3H3,(H2,30,34)(H,32,39)(H,33,40)(H3,29,35,36)/p+1/t18-,19?,21-,22+,28?/m0/s1. The van der Waals surface area contributed by atoms with Crippen LogP contribution in [0.2, 0.25) is 0 Å². The van der Waals surface area contributed by atoms with Crippen LogP contribution in [0.5, 0.6) is 5.75 Å². The van der Waals surface area contributed by atoms with E-state index < -0.39 is 29.9 Å². The molecule has 1 aromatic carbocycles. The van der Waals surface area contributed by atoms with Crippen molar-refractivity contribution < 1.29 is 24.4 Å². The number of nitrogens with two attached hydrogens (primary N) is 2. The number of aryl methyl sites for hydroxylation is 1. The molecule has 5 atom stereocenters. The molecule has 1 spiro atoms. The van der Waals surface area contributed by atoms with Crippen molar-refractivity contribution in [1.82, 2.24) is 25.8 Å². The van der Waals surface area contributed by atoms with E-state index in [9.17, 15) is 14.7 Å². The molecule has 0 aliphatic carbocycles. The number of carbonyl (C=O) groups is 2. The van der Waals surface area contributed by atoms with E-state index in [1.54, 1.807) is 23.1 Å². The van der Waals surface area contributed by atoms with E-state index in [4.69, 9.17) is 16.2 Å². The van der Waals surface area contributed by atoms with E-state index in [0.29, 0.717) is 23.5 Å². The second kappa shape index (κ2) is 9.61. The zero-order valence-corrected chi connectivity index (χ0v) is 23.3. The van der Waals surface area contributed by atoms with E-state index in [2.05, 4.69) is 44.8 Å². The molecule has 4 aliphatic heterocycles. The van der Waals surface area contributed by atoms with Crippen LogP contribution in [0.4, 0.5) is 0 Å². The zero-order chi connectivity index (χ0) is 29.1. The number of aliphatic imine (C=N–C) groups is 1. The van der Waals surface area contributed by atoms with Gasteiger partial charge in [-0.05, 0) is 37.0 Å². The Labute approximate surface area is 237 Å². The van der Waals surface area contributed by atoms with Crippen molar-refractivity contribution in [3.8, 4) is 5.75 Å². The highest BCUT2D eigenvalue weighted by atomic mass is 16.5. The molecule has 2 amide bonds. The van der Waals surface area contributed by atoms with Crippen LogP contribution in [-0.2, 0) is 5.41 Å². The highest BCUT2D eigenvalue weighted by Crippen LogP contribution is 2.41. The summed E-state index contributed by atoms with van der Waals surface area (Å²) < 4.78 is 5.94. The maximum atomic E-state index is 13.6. The fraction of sp³-hybridized carbons (Fsp3) is 0.464. The molecule has 0 radical (unpaired) electrons. The lowest BCUT2D eigenvalue weighted by Gasteiger charge is -2.43. The molecule has 41 heavy (non-hydrogen) atoms. The number of amides is 2. The number of fused-ring (bicyclic) bond motifs is 1. The average molecular weight is 563 g/mol. The van der Waals surface area contributed by atoms with Gasteiger partial charge in [-0.1, -0.05) is 26.0 Å². The van der Waals surface area contributed by atoms with Crippen LogP contribution in [0, 0.1) is 6.92 Å². The highest BCUT2D eigenvalue weighted by Gasteiger charge is 2.68. The summed E-state index contributed by atoms with van der Waals surface area (Å²) in [5.74, 6) is 0.313. The Morgan fingerprint density at radius 2 is 2.05 bits per heavy atom. The van der Waals surface area contributed by atoms with Gasteiger partial charge in [-0.3, -0.25) is 25.3 Å². The lowest BCUT2D eigenvalue weighted by molar-refractivity contribution is -0.513. The van der Waals surface area contributed by atoms with Gasteiger partial charge < -0.3 is 31.1 Å². The molecular weight excluding hydrogens is 526 g/mol. The summed E-state index contributed by atoms with van der Waals surface area (Å²) in [7, 11) is 0. The number of nitrogens with zero attached hydrogens (tertiary/aromatic N) is 3. The lowest BCUT2D eigenvalue weighted by atomic mass is 9.79. The van der Waals surface area contributed by atoms with E-state index in [0.717, 1.165) is 17.7 Å². The molecule has 216 valence electrons. The van der Waals surface area contributed by atoms with Gasteiger partial charge in [0.1, 0.15) is 17.9 Å². The summed E-state index contributed by atoms with van der Waals surface area (Å²) >= 11 is 0. The minimum absolute atomic E-state index is 0.123. The largest absolute Gasteiger partial charge is 0.492 e. The number of pyridine rings is 1. The number of nitrogens with one attached hydrogen (secondary N) is 4. The van der Waals surface area contributed by atoms with Gasteiger partial charge in [-0.2, -0.15) is 0 Å². The third kappa shape index (κ3) is 4.31. The molecule has 6 rings (SSSR count). The average Bonchev–Trinajstić information content (AvgIpc) is 3.43. The Morgan fingerprint density at radius 3 is 2.80 bits per heavy atom. The molecule has 9 N–H and O–H groups in total. The van der Waals surface area contributed by atoms with Crippen LogP contribution in [0.15, 0.2) is 41.5 Å². The molecule has 4 aliphatic rings.